The highest BCUT2D eigenvalue weighted by Crippen LogP contribution is 2.46. The van der Waals surface area contributed by atoms with E-state index in [0.29, 0.717) is 23.4 Å². The number of rotatable bonds is 0. The highest BCUT2D eigenvalue weighted by atomic mass is 16.5. The van der Waals surface area contributed by atoms with Gasteiger partial charge in [0.1, 0.15) is 28.3 Å². The Hall–Kier alpha value is -3.60. The molecule has 2 aromatic heterocycles. The van der Waals surface area contributed by atoms with Gasteiger partial charge in [-0.05, 0) is 27.7 Å². The fourth-order valence-electron chi connectivity index (χ4n) is 5.72. The molecular weight excluding hydrogens is 412 g/mol. The molecule has 0 amide bonds. The highest BCUT2D eigenvalue weighted by molar-refractivity contribution is 6.13. The molecule has 0 aliphatic carbocycles. The number of benzene rings is 3. The van der Waals surface area contributed by atoms with Gasteiger partial charge in [-0.2, -0.15) is 0 Å². The number of ether oxygens (including phenoxy) is 2. The summed E-state index contributed by atoms with van der Waals surface area (Å²) in [7, 11) is 0. The molecule has 3 aromatic carbocycles. The Balaban J connectivity index is 1.79. The average Bonchev–Trinajstić information content (AvgIpc) is 3.41. The Labute approximate surface area is 190 Å². The Bertz CT molecular complexity index is 1740. The van der Waals surface area contributed by atoms with Crippen molar-refractivity contribution in [1.29, 1.82) is 0 Å². The predicted octanol–water partition coefficient (Wildman–Crippen LogP) is 5.58. The third kappa shape index (κ3) is 2.42. The second kappa shape index (κ2) is 5.84. The molecule has 164 valence electrons. The van der Waals surface area contributed by atoms with Crippen LogP contribution in [0.1, 0.15) is 38.8 Å². The summed E-state index contributed by atoms with van der Waals surface area (Å²) >= 11 is 0. The number of fused-ring (bicyclic) bond motifs is 12. The first-order valence-corrected chi connectivity index (χ1v) is 11.5. The quantitative estimate of drug-likeness (QED) is 0.318. The minimum atomic E-state index is -0.428. The molecular formula is C28H24N2O3. The molecule has 5 heteroatoms. The molecule has 7 rings (SSSR count). The van der Waals surface area contributed by atoms with E-state index in [-0.39, 0.29) is 11.2 Å². The lowest BCUT2D eigenvalue weighted by molar-refractivity contribution is 0.140. The minimum Gasteiger partial charge on any atom is -0.486 e. The van der Waals surface area contributed by atoms with Crippen molar-refractivity contribution in [2.24, 2.45) is 0 Å². The molecule has 5 nitrogen and oxygen atoms in total. The van der Waals surface area contributed by atoms with Crippen LogP contribution >= 0.6 is 0 Å². The van der Waals surface area contributed by atoms with Gasteiger partial charge in [-0.25, -0.2) is 4.98 Å². The molecule has 0 unspecified atom stereocenters. The maximum Gasteiger partial charge on any atom is 0.263 e. The molecule has 0 radical (unpaired) electrons. The van der Waals surface area contributed by atoms with Gasteiger partial charge in [0.05, 0.1) is 16.6 Å². The van der Waals surface area contributed by atoms with Crippen LogP contribution in [0.25, 0.3) is 38.2 Å². The second-order valence-electron chi connectivity index (χ2n) is 10.6. The minimum absolute atomic E-state index is 0.0486. The Morgan fingerprint density at radius 2 is 1.27 bits per heavy atom. The zero-order chi connectivity index (χ0) is 22.7. The van der Waals surface area contributed by atoms with Crippen molar-refractivity contribution >= 4 is 38.2 Å². The van der Waals surface area contributed by atoms with Gasteiger partial charge in [-0.1, -0.05) is 48.5 Å². The Kier molecular flexibility index (Phi) is 3.35. The molecule has 0 saturated carbocycles. The fourth-order valence-corrected chi connectivity index (χ4v) is 5.72. The van der Waals surface area contributed by atoms with E-state index in [4.69, 9.17) is 14.5 Å². The summed E-state index contributed by atoms with van der Waals surface area (Å²) in [6.07, 6.45) is 1.31. The predicted molar refractivity (Wildman–Crippen MR) is 131 cm³/mol. The first-order chi connectivity index (χ1) is 15.7. The molecule has 5 aromatic rings. The fraction of sp³-hybridized carbons (Fsp3) is 0.286. The Morgan fingerprint density at radius 3 is 1.94 bits per heavy atom. The molecule has 0 saturated heterocycles. The zero-order valence-corrected chi connectivity index (χ0v) is 19.2. The van der Waals surface area contributed by atoms with E-state index in [9.17, 15) is 4.79 Å². The van der Waals surface area contributed by atoms with Gasteiger partial charge >= 0.3 is 0 Å². The van der Waals surface area contributed by atoms with Crippen LogP contribution in [0, 0.1) is 0 Å². The van der Waals surface area contributed by atoms with Crippen molar-refractivity contribution in [2.75, 3.05) is 0 Å². The van der Waals surface area contributed by atoms with Crippen molar-refractivity contribution in [1.82, 2.24) is 9.38 Å². The van der Waals surface area contributed by atoms with E-state index in [0.717, 1.165) is 50.3 Å². The van der Waals surface area contributed by atoms with E-state index in [1.54, 1.807) is 0 Å². The zero-order valence-electron chi connectivity index (χ0n) is 19.2. The molecule has 0 spiro atoms. The van der Waals surface area contributed by atoms with Crippen LogP contribution in [0.3, 0.4) is 0 Å². The van der Waals surface area contributed by atoms with Crippen LogP contribution in [-0.2, 0) is 12.8 Å². The third-order valence-corrected chi connectivity index (χ3v) is 6.97. The topological polar surface area (TPSA) is 52.8 Å². The monoisotopic (exact) mass is 436 g/mol. The molecule has 0 N–H and O–H groups in total. The van der Waals surface area contributed by atoms with Gasteiger partial charge in [-0.3, -0.25) is 9.20 Å². The summed E-state index contributed by atoms with van der Waals surface area (Å²) in [4.78, 5) is 19.3. The molecule has 33 heavy (non-hydrogen) atoms. The number of imidazole rings is 1. The summed E-state index contributed by atoms with van der Waals surface area (Å²) in [6.45, 7) is 8.27. The van der Waals surface area contributed by atoms with Crippen LogP contribution in [0.4, 0.5) is 0 Å². The lowest BCUT2D eigenvalue weighted by Crippen LogP contribution is -2.26. The summed E-state index contributed by atoms with van der Waals surface area (Å²) in [6, 6.07) is 16.2. The van der Waals surface area contributed by atoms with E-state index < -0.39 is 5.60 Å². The molecule has 0 bridgehead atoms. The lowest BCUT2D eigenvalue weighted by Gasteiger charge is -2.17. The van der Waals surface area contributed by atoms with Crippen LogP contribution < -0.4 is 15.0 Å². The number of aromatic nitrogens is 2. The van der Waals surface area contributed by atoms with E-state index in [1.165, 1.54) is 0 Å². The third-order valence-electron chi connectivity index (χ3n) is 6.97. The van der Waals surface area contributed by atoms with Gasteiger partial charge in [-0.15, -0.1) is 0 Å². The summed E-state index contributed by atoms with van der Waals surface area (Å²) in [5, 5.41) is 3.85. The summed E-state index contributed by atoms with van der Waals surface area (Å²) in [5.74, 6) is 1.58. The van der Waals surface area contributed by atoms with Crippen molar-refractivity contribution in [3.8, 4) is 11.5 Å². The van der Waals surface area contributed by atoms with Crippen molar-refractivity contribution in [2.45, 2.75) is 51.7 Å². The highest BCUT2D eigenvalue weighted by Gasteiger charge is 2.37. The molecule has 2 aliphatic rings. The average molecular weight is 437 g/mol. The summed E-state index contributed by atoms with van der Waals surface area (Å²) in [5.41, 5.74) is 3.39. The van der Waals surface area contributed by atoms with Gasteiger partial charge < -0.3 is 9.47 Å². The van der Waals surface area contributed by atoms with Crippen LogP contribution in [0.15, 0.2) is 53.3 Å². The van der Waals surface area contributed by atoms with Gasteiger partial charge in [0.2, 0.25) is 0 Å². The van der Waals surface area contributed by atoms with Crippen molar-refractivity contribution < 1.29 is 9.47 Å². The lowest BCUT2D eigenvalue weighted by atomic mass is 9.97. The number of hydrogen-bond acceptors (Lipinski definition) is 4. The van der Waals surface area contributed by atoms with Crippen LogP contribution in [0.2, 0.25) is 0 Å². The van der Waals surface area contributed by atoms with E-state index in [2.05, 4.69) is 26.0 Å². The van der Waals surface area contributed by atoms with Crippen molar-refractivity contribution in [3.63, 3.8) is 0 Å². The first kappa shape index (κ1) is 18.9. The van der Waals surface area contributed by atoms with Crippen LogP contribution in [-0.4, -0.2) is 20.6 Å². The first-order valence-electron chi connectivity index (χ1n) is 11.5. The van der Waals surface area contributed by atoms with Gasteiger partial charge in [0, 0.05) is 39.9 Å². The van der Waals surface area contributed by atoms with Crippen molar-refractivity contribution in [3.05, 3.63) is 70.0 Å². The molecule has 2 aliphatic heterocycles. The van der Waals surface area contributed by atoms with Crippen LogP contribution in [0.5, 0.6) is 11.5 Å². The van der Waals surface area contributed by atoms with E-state index >= 15 is 0 Å². The van der Waals surface area contributed by atoms with Gasteiger partial charge in [0.15, 0.2) is 0 Å². The largest absolute Gasteiger partial charge is 0.486 e. The smallest absolute Gasteiger partial charge is 0.263 e. The Morgan fingerprint density at radius 1 is 0.758 bits per heavy atom. The maximum atomic E-state index is 14.2. The standard InChI is InChI=1S/C28H24N2O3/c1-27(2)13-19-21-22(15-9-5-6-10-16(15)23(19)32-27)30-25(29-21)18-12-8-7-11-17(18)24-20(26(30)31)14-28(3,4)33-24/h5-12H,13-14H2,1-4H3. The molecule has 4 heterocycles. The molecule has 0 atom stereocenters. The SMILES string of the molecule is CC1(C)Cc2c(c3ccccc3c3nc4c5c(c6ccccc6c4n3c2=O)OC(C)(C)C5)O1. The molecule has 0 fully saturated rings. The second-order valence-corrected chi connectivity index (χ2v) is 10.6. The summed E-state index contributed by atoms with van der Waals surface area (Å²) < 4.78 is 14.6. The normalized spacial score (nSPS) is 17.9. The van der Waals surface area contributed by atoms with E-state index in [1.807, 2.05) is 54.6 Å². The van der Waals surface area contributed by atoms with Gasteiger partial charge in [0.25, 0.3) is 5.56 Å². The maximum absolute atomic E-state index is 14.2. The number of hydrogen-bond donors (Lipinski definition) is 0. The number of nitrogens with zero attached hydrogens (tertiary/aromatic N) is 2.